The number of alkyl halides is 3. The molecule has 1 heterocycles. The average Bonchev–Trinajstić information content (AvgIpc) is 2.85. The molecule has 1 atom stereocenters. The molecule has 1 aliphatic heterocycles. The number of thioether (sulfide) groups is 1. The second kappa shape index (κ2) is 13.5. The van der Waals surface area contributed by atoms with Gasteiger partial charge in [-0.05, 0) is 36.6 Å². The molecular weight excluding hydrogens is 487 g/mol. The summed E-state index contributed by atoms with van der Waals surface area (Å²) < 4.78 is 39.6. The van der Waals surface area contributed by atoms with Crippen LogP contribution in [0.2, 0.25) is 0 Å². The average molecular weight is 520 g/mol. The van der Waals surface area contributed by atoms with Gasteiger partial charge in [-0.3, -0.25) is 14.5 Å². The van der Waals surface area contributed by atoms with Gasteiger partial charge in [-0.25, -0.2) is 4.99 Å². The first kappa shape index (κ1) is 27.8. The molecule has 9 heteroatoms. The van der Waals surface area contributed by atoms with E-state index >= 15 is 0 Å². The first-order chi connectivity index (χ1) is 17.3. The largest absolute Gasteiger partial charge is 0.416 e. The van der Waals surface area contributed by atoms with Crippen molar-refractivity contribution in [3.63, 3.8) is 0 Å². The van der Waals surface area contributed by atoms with Gasteiger partial charge in [-0.1, -0.05) is 80.8 Å². The maximum absolute atomic E-state index is 13.2. The molecule has 0 spiro atoms. The monoisotopic (exact) mass is 519 g/mol. The highest BCUT2D eigenvalue weighted by Gasteiger charge is 2.36. The van der Waals surface area contributed by atoms with Crippen LogP contribution in [-0.2, 0) is 22.2 Å². The van der Waals surface area contributed by atoms with Crippen LogP contribution in [0.15, 0.2) is 59.6 Å². The maximum atomic E-state index is 13.2. The number of benzene rings is 2. The first-order valence-corrected chi connectivity index (χ1v) is 13.2. The molecule has 2 amide bonds. The number of hydrogen-bond donors (Lipinski definition) is 1. The predicted molar refractivity (Wildman–Crippen MR) is 138 cm³/mol. The van der Waals surface area contributed by atoms with Gasteiger partial charge in [-0.2, -0.15) is 13.2 Å². The number of nitrogens with one attached hydrogen (secondary N) is 1. The molecule has 0 radical (unpaired) electrons. The van der Waals surface area contributed by atoms with Gasteiger partial charge in [0, 0.05) is 19.5 Å². The number of amidine groups is 1. The Bertz CT molecular complexity index is 1040. The van der Waals surface area contributed by atoms with E-state index in [1.807, 2.05) is 30.3 Å². The molecule has 2 aromatic carbocycles. The third-order valence-electron chi connectivity index (χ3n) is 5.87. The van der Waals surface area contributed by atoms with Gasteiger partial charge in [0.2, 0.25) is 11.8 Å². The lowest BCUT2D eigenvalue weighted by molar-refractivity contribution is -0.137. The number of amides is 2. The van der Waals surface area contributed by atoms with Crippen LogP contribution in [0.5, 0.6) is 0 Å². The molecule has 2 aromatic rings. The quantitative estimate of drug-likeness (QED) is 0.352. The van der Waals surface area contributed by atoms with Crippen molar-refractivity contribution in [1.29, 1.82) is 0 Å². The minimum Gasteiger partial charge on any atom is -0.355 e. The van der Waals surface area contributed by atoms with Gasteiger partial charge in [0.05, 0.1) is 16.5 Å². The van der Waals surface area contributed by atoms with Crippen LogP contribution in [0, 0.1) is 0 Å². The van der Waals surface area contributed by atoms with E-state index in [1.54, 1.807) is 0 Å². The molecule has 0 saturated carbocycles. The lowest BCUT2D eigenvalue weighted by Gasteiger charge is -2.32. The van der Waals surface area contributed by atoms with Crippen molar-refractivity contribution in [2.75, 3.05) is 13.1 Å². The number of rotatable bonds is 11. The number of aliphatic imine (C=N–C) groups is 1. The van der Waals surface area contributed by atoms with E-state index in [2.05, 4.69) is 17.2 Å². The van der Waals surface area contributed by atoms with E-state index in [9.17, 15) is 22.8 Å². The van der Waals surface area contributed by atoms with Crippen LogP contribution in [-0.4, -0.2) is 40.2 Å². The third-order valence-corrected chi connectivity index (χ3v) is 7.06. The van der Waals surface area contributed by atoms with Crippen molar-refractivity contribution >= 4 is 34.4 Å². The molecule has 0 aliphatic carbocycles. The Morgan fingerprint density at radius 1 is 1.08 bits per heavy atom. The Hall–Kier alpha value is -2.81. The molecule has 0 bridgehead atoms. The molecule has 0 aromatic heterocycles. The molecule has 194 valence electrons. The molecular formula is C27H32F3N3O2S. The number of nitrogens with zero attached hydrogens (tertiary/aromatic N) is 2. The summed E-state index contributed by atoms with van der Waals surface area (Å²) in [4.78, 5) is 31.8. The number of carbonyl (C=O) groups excluding carboxylic acids is 2. The summed E-state index contributed by atoms with van der Waals surface area (Å²) in [7, 11) is 0. The molecule has 5 nitrogen and oxygen atoms in total. The third kappa shape index (κ3) is 8.40. The van der Waals surface area contributed by atoms with Crippen LogP contribution in [0.1, 0.15) is 56.6 Å². The summed E-state index contributed by atoms with van der Waals surface area (Å²) in [6.45, 7) is 2.97. The smallest absolute Gasteiger partial charge is 0.355 e. The second-order valence-electron chi connectivity index (χ2n) is 8.74. The number of hydrogen-bond acceptors (Lipinski definition) is 4. The van der Waals surface area contributed by atoms with E-state index in [1.165, 1.54) is 17.0 Å². The molecule has 36 heavy (non-hydrogen) atoms. The highest BCUT2D eigenvalue weighted by Crippen LogP contribution is 2.33. The van der Waals surface area contributed by atoms with Gasteiger partial charge in [0.25, 0.3) is 0 Å². The van der Waals surface area contributed by atoms with E-state index < -0.39 is 17.0 Å². The zero-order valence-corrected chi connectivity index (χ0v) is 21.2. The van der Waals surface area contributed by atoms with Gasteiger partial charge in [0.1, 0.15) is 0 Å². The minimum absolute atomic E-state index is 0.0262. The number of halogens is 3. The molecule has 3 rings (SSSR count). The Morgan fingerprint density at radius 3 is 2.56 bits per heavy atom. The van der Waals surface area contributed by atoms with Crippen LogP contribution in [0.25, 0.3) is 0 Å². The van der Waals surface area contributed by atoms with E-state index in [0.29, 0.717) is 19.5 Å². The van der Waals surface area contributed by atoms with E-state index in [4.69, 9.17) is 0 Å². The molecule has 1 N–H and O–H groups in total. The van der Waals surface area contributed by atoms with Crippen molar-refractivity contribution < 1.29 is 22.8 Å². The molecule has 1 aliphatic rings. The van der Waals surface area contributed by atoms with Crippen molar-refractivity contribution in [2.45, 2.75) is 63.3 Å². The first-order valence-electron chi connectivity index (χ1n) is 12.3. The van der Waals surface area contributed by atoms with Crippen LogP contribution < -0.4 is 5.32 Å². The van der Waals surface area contributed by atoms with Gasteiger partial charge < -0.3 is 5.32 Å². The standard InChI is InChI=1S/C27H32F3N3O2S/c1-2-3-4-5-9-17-33-24(34)19-23(25(35)31-16-15-20-11-7-6-8-12-20)36-26(33)32-22-14-10-13-21(18-22)27(28,29)30/h6-8,10-14,18,23H,2-5,9,15-17,19H2,1H3,(H,31,35). The highest BCUT2D eigenvalue weighted by atomic mass is 32.2. The summed E-state index contributed by atoms with van der Waals surface area (Å²) in [5.41, 5.74) is 0.380. The van der Waals surface area contributed by atoms with Crippen molar-refractivity contribution in [3.05, 3.63) is 65.7 Å². The summed E-state index contributed by atoms with van der Waals surface area (Å²) in [5, 5.41) is 2.46. The predicted octanol–water partition coefficient (Wildman–Crippen LogP) is 6.36. The Morgan fingerprint density at radius 2 is 1.83 bits per heavy atom. The van der Waals surface area contributed by atoms with Crippen molar-refractivity contribution in [1.82, 2.24) is 10.2 Å². The zero-order chi connectivity index (χ0) is 26.0. The van der Waals surface area contributed by atoms with Crippen LogP contribution in [0.3, 0.4) is 0 Å². The van der Waals surface area contributed by atoms with Gasteiger partial charge in [-0.15, -0.1) is 0 Å². The normalized spacial score (nSPS) is 17.4. The fourth-order valence-electron chi connectivity index (χ4n) is 3.89. The van der Waals surface area contributed by atoms with Crippen LogP contribution in [0.4, 0.5) is 18.9 Å². The maximum Gasteiger partial charge on any atom is 0.416 e. The number of carbonyl (C=O) groups is 2. The zero-order valence-electron chi connectivity index (χ0n) is 20.4. The molecule has 1 saturated heterocycles. The van der Waals surface area contributed by atoms with E-state index in [0.717, 1.165) is 61.6 Å². The molecule has 1 fully saturated rings. The minimum atomic E-state index is -4.49. The summed E-state index contributed by atoms with van der Waals surface area (Å²) in [6.07, 6.45) is 1.17. The Kier molecular flexibility index (Phi) is 10.4. The van der Waals surface area contributed by atoms with E-state index in [-0.39, 0.29) is 29.1 Å². The number of unbranched alkanes of at least 4 members (excludes halogenated alkanes) is 4. The van der Waals surface area contributed by atoms with Crippen molar-refractivity contribution in [2.24, 2.45) is 4.99 Å². The lowest BCUT2D eigenvalue weighted by Crippen LogP contribution is -2.47. The van der Waals surface area contributed by atoms with Gasteiger partial charge in [0.15, 0.2) is 5.17 Å². The summed E-state index contributed by atoms with van der Waals surface area (Å²) in [5.74, 6) is -0.512. The Labute approximate surface area is 214 Å². The topological polar surface area (TPSA) is 61.8 Å². The summed E-state index contributed by atoms with van der Waals surface area (Å²) in [6, 6.07) is 14.4. The van der Waals surface area contributed by atoms with Crippen LogP contribution >= 0.6 is 11.8 Å². The Balaban J connectivity index is 1.73. The van der Waals surface area contributed by atoms with Crippen molar-refractivity contribution in [3.8, 4) is 0 Å². The SMILES string of the molecule is CCCCCCCN1C(=O)CC(C(=O)NCCc2ccccc2)SC1=Nc1cccc(C(F)(F)F)c1. The lowest BCUT2D eigenvalue weighted by atomic mass is 10.1. The summed E-state index contributed by atoms with van der Waals surface area (Å²) >= 11 is 1.14. The fraction of sp³-hybridized carbons (Fsp3) is 0.444. The van der Waals surface area contributed by atoms with Gasteiger partial charge >= 0.3 is 6.18 Å². The molecule has 1 unspecified atom stereocenters. The highest BCUT2D eigenvalue weighted by molar-refractivity contribution is 8.15. The fourth-order valence-corrected chi connectivity index (χ4v) is 5.03. The second-order valence-corrected chi connectivity index (χ2v) is 9.91.